The van der Waals surface area contributed by atoms with Crippen LogP contribution in [0, 0.1) is 5.92 Å². The minimum absolute atomic E-state index is 0.0282. The number of thiazole rings is 1. The Bertz CT molecular complexity index is 1000. The number of halogens is 3. The summed E-state index contributed by atoms with van der Waals surface area (Å²) >= 11 is 1.14. The Morgan fingerprint density at radius 3 is 2.63 bits per heavy atom. The maximum atomic E-state index is 13.5. The summed E-state index contributed by atoms with van der Waals surface area (Å²) in [5.74, 6) is -0.984. The minimum Gasteiger partial charge on any atom is -0.368 e. The molecule has 2 heterocycles. The van der Waals surface area contributed by atoms with Crippen molar-refractivity contribution in [3.8, 4) is 10.4 Å². The third-order valence-corrected chi connectivity index (χ3v) is 7.04. The summed E-state index contributed by atoms with van der Waals surface area (Å²) in [5, 5.41) is 0.491. The summed E-state index contributed by atoms with van der Waals surface area (Å²) in [5.41, 5.74) is 5.10. The summed E-state index contributed by atoms with van der Waals surface area (Å²) in [6, 6.07) is 4.05. The molecule has 4 rings (SSSR count). The molecule has 1 aliphatic heterocycles. The van der Waals surface area contributed by atoms with E-state index in [1.807, 2.05) is 0 Å². The van der Waals surface area contributed by atoms with Gasteiger partial charge < -0.3 is 15.5 Å². The average molecular weight is 438 g/mol. The van der Waals surface area contributed by atoms with Crippen LogP contribution in [0.4, 0.5) is 18.3 Å². The topological polar surface area (TPSA) is 79.5 Å². The summed E-state index contributed by atoms with van der Waals surface area (Å²) in [4.78, 5) is 33.5. The van der Waals surface area contributed by atoms with Crippen LogP contribution < -0.4 is 10.6 Å². The fraction of sp³-hybridized carbons (Fsp3) is 0.450. The fourth-order valence-electron chi connectivity index (χ4n) is 4.45. The Kier molecular flexibility index (Phi) is 5.00. The van der Waals surface area contributed by atoms with Gasteiger partial charge in [-0.3, -0.25) is 9.59 Å². The molecule has 2 N–H and O–H groups in total. The average Bonchev–Trinajstić information content (AvgIpc) is 3.40. The second-order valence-electron chi connectivity index (χ2n) is 7.93. The van der Waals surface area contributed by atoms with Crippen molar-refractivity contribution in [2.45, 2.75) is 37.5 Å². The van der Waals surface area contributed by atoms with Gasteiger partial charge in [-0.25, -0.2) is 4.98 Å². The number of piperidine rings is 1. The summed E-state index contributed by atoms with van der Waals surface area (Å²) in [6.07, 6.45) is -2.17. The van der Waals surface area contributed by atoms with Crippen molar-refractivity contribution in [1.29, 1.82) is 0 Å². The van der Waals surface area contributed by atoms with Crippen molar-refractivity contribution in [1.82, 2.24) is 9.88 Å². The highest BCUT2D eigenvalue weighted by molar-refractivity contribution is 7.19. The van der Waals surface area contributed by atoms with Crippen LogP contribution in [-0.2, 0) is 11.0 Å². The van der Waals surface area contributed by atoms with Crippen LogP contribution in [-0.4, -0.2) is 47.9 Å². The molecule has 1 saturated heterocycles. The SMILES string of the molecule is CN(C)c1nc(C(=O)N2[C@H]3CC[C@H](C3)[C@@H]2C(N)=O)c(-c2cccc(C(F)(F)F)c2)s1. The molecule has 3 atom stereocenters. The van der Waals surface area contributed by atoms with Gasteiger partial charge in [0, 0.05) is 20.1 Å². The molecule has 2 fully saturated rings. The van der Waals surface area contributed by atoms with Crippen LogP contribution in [0.2, 0.25) is 0 Å². The third kappa shape index (κ3) is 3.42. The summed E-state index contributed by atoms with van der Waals surface area (Å²) < 4.78 is 39.7. The Labute approximate surface area is 175 Å². The number of benzene rings is 1. The van der Waals surface area contributed by atoms with Gasteiger partial charge in [-0.15, -0.1) is 0 Å². The first-order valence-corrected chi connectivity index (χ1v) is 10.4. The number of carbonyl (C=O) groups excluding carboxylic acids is 2. The second-order valence-corrected chi connectivity index (χ2v) is 8.91. The zero-order valence-corrected chi connectivity index (χ0v) is 17.3. The number of amides is 2. The molecule has 0 unspecified atom stereocenters. The number of primary amides is 1. The Hall–Kier alpha value is -2.62. The van der Waals surface area contributed by atoms with E-state index in [1.54, 1.807) is 19.0 Å². The van der Waals surface area contributed by atoms with E-state index in [1.165, 1.54) is 17.0 Å². The van der Waals surface area contributed by atoms with E-state index in [0.717, 1.165) is 36.3 Å². The number of anilines is 1. The smallest absolute Gasteiger partial charge is 0.368 e. The largest absolute Gasteiger partial charge is 0.416 e. The summed E-state index contributed by atoms with van der Waals surface area (Å²) in [6.45, 7) is 0. The molecule has 1 aromatic heterocycles. The lowest BCUT2D eigenvalue weighted by atomic mass is 9.97. The maximum Gasteiger partial charge on any atom is 0.416 e. The van der Waals surface area contributed by atoms with Crippen LogP contribution in [0.1, 0.15) is 35.3 Å². The molecule has 1 saturated carbocycles. The lowest BCUT2D eigenvalue weighted by molar-refractivity contribution is -0.137. The zero-order valence-electron chi connectivity index (χ0n) is 16.4. The quantitative estimate of drug-likeness (QED) is 0.794. The van der Waals surface area contributed by atoms with E-state index >= 15 is 0 Å². The number of nitrogens with zero attached hydrogens (tertiary/aromatic N) is 3. The Morgan fingerprint density at radius 2 is 2.00 bits per heavy atom. The van der Waals surface area contributed by atoms with Crippen LogP contribution >= 0.6 is 11.3 Å². The van der Waals surface area contributed by atoms with E-state index in [2.05, 4.69) is 4.98 Å². The molecule has 1 aromatic carbocycles. The van der Waals surface area contributed by atoms with Crippen molar-refractivity contribution >= 4 is 28.3 Å². The first-order valence-electron chi connectivity index (χ1n) is 9.55. The monoisotopic (exact) mass is 438 g/mol. The number of carbonyl (C=O) groups is 2. The van der Waals surface area contributed by atoms with Gasteiger partial charge in [-0.2, -0.15) is 13.2 Å². The van der Waals surface area contributed by atoms with Gasteiger partial charge in [0.1, 0.15) is 11.7 Å². The first-order chi connectivity index (χ1) is 14.1. The molecule has 0 spiro atoms. The standard InChI is InChI=1S/C20H21F3N4O2S/c1-26(2)19-25-14(16(30-19)11-4-3-5-12(8-11)20(21,22)23)18(29)27-13-7-6-10(9-13)15(27)17(24)28/h3-5,8,10,13,15H,6-7,9H2,1-2H3,(H2,24,28)/t10-,13+,15-/m1/s1. The number of hydrogen-bond acceptors (Lipinski definition) is 5. The third-order valence-electron chi connectivity index (χ3n) is 5.76. The molecule has 2 aromatic rings. The van der Waals surface area contributed by atoms with E-state index in [9.17, 15) is 22.8 Å². The second kappa shape index (κ2) is 7.26. The van der Waals surface area contributed by atoms with Crippen LogP contribution in [0.15, 0.2) is 24.3 Å². The number of alkyl halides is 3. The Morgan fingerprint density at radius 1 is 1.27 bits per heavy atom. The fourth-order valence-corrected chi connectivity index (χ4v) is 5.42. The lowest BCUT2D eigenvalue weighted by Gasteiger charge is -2.33. The van der Waals surface area contributed by atoms with Crippen molar-refractivity contribution in [3.63, 3.8) is 0 Å². The molecule has 0 radical (unpaired) electrons. The van der Waals surface area contributed by atoms with Crippen molar-refractivity contribution in [3.05, 3.63) is 35.5 Å². The maximum absolute atomic E-state index is 13.5. The van der Waals surface area contributed by atoms with E-state index in [0.29, 0.717) is 16.4 Å². The van der Waals surface area contributed by atoms with Crippen LogP contribution in [0.5, 0.6) is 0 Å². The number of aromatic nitrogens is 1. The van der Waals surface area contributed by atoms with Crippen LogP contribution in [0.3, 0.4) is 0 Å². The first kappa shape index (κ1) is 20.6. The molecule has 1 aliphatic carbocycles. The highest BCUT2D eigenvalue weighted by atomic mass is 32.1. The van der Waals surface area contributed by atoms with Crippen molar-refractivity contribution in [2.24, 2.45) is 11.7 Å². The number of hydrogen-bond donors (Lipinski definition) is 1. The zero-order chi connectivity index (χ0) is 21.8. The predicted octanol–water partition coefficient (Wildman–Crippen LogP) is 3.37. The van der Waals surface area contributed by atoms with E-state index < -0.39 is 29.6 Å². The molecule has 10 heteroatoms. The van der Waals surface area contributed by atoms with Crippen molar-refractivity contribution in [2.75, 3.05) is 19.0 Å². The summed E-state index contributed by atoms with van der Waals surface area (Å²) in [7, 11) is 3.49. The van der Waals surface area contributed by atoms with Crippen molar-refractivity contribution < 1.29 is 22.8 Å². The van der Waals surface area contributed by atoms with Gasteiger partial charge in [0.2, 0.25) is 5.91 Å². The number of rotatable bonds is 4. The molecular formula is C20H21F3N4O2S. The van der Waals surface area contributed by atoms with Gasteiger partial charge in [0.25, 0.3) is 5.91 Å². The van der Waals surface area contributed by atoms with Gasteiger partial charge in [0.05, 0.1) is 10.4 Å². The van der Waals surface area contributed by atoms with E-state index in [-0.39, 0.29) is 23.2 Å². The van der Waals surface area contributed by atoms with Gasteiger partial charge in [-0.1, -0.05) is 23.5 Å². The molecule has 6 nitrogen and oxygen atoms in total. The van der Waals surface area contributed by atoms with Gasteiger partial charge in [0.15, 0.2) is 5.13 Å². The molecule has 2 amide bonds. The van der Waals surface area contributed by atoms with Gasteiger partial charge in [-0.05, 0) is 42.9 Å². The molecule has 2 aliphatic rings. The predicted molar refractivity (Wildman–Crippen MR) is 107 cm³/mol. The number of likely N-dealkylation sites (tertiary alicyclic amines) is 1. The highest BCUT2D eigenvalue weighted by Gasteiger charge is 2.51. The number of fused-ring (bicyclic) bond motifs is 2. The molecule has 30 heavy (non-hydrogen) atoms. The lowest BCUT2D eigenvalue weighted by Crippen LogP contribution is -2.51. The molecule has 160 valence electrons. The highest BCUT2D eigenvalue weighted by Crippen LogP contribution is 2.45. The van der Waals surface area contributed by atoms with Crippen LogP contribution in [0.25, 0.3) is 10.4 Å². The van der Waals surface area contributed by atoms with E-state index in [4.69, 9.17) is 5.73 Å². The molecule has 2 bridgehead atoms. The normalized spacial score (nSPS) is 23.1. The molecular weight excluding hydrogens is 417 g/mol. The minimum atomic E-state index is -4.50. The number of nitrogens with two attached hydrogens (primary N) is 1. The van der Waals surface area contributed by atoms with Gasteiger partial charge >= 0.3 is 6.18 Å². The Balaban J connectivity index is 1.79.